The first-order chi connectivity index (χ1) is 17.8. The molecule has 37 heavy (non-hydrogen) atoms. The van der Waals surface area contributed by atoms with E-state index in [2.05, 4.69) is 136 Å². The fraction of sp³-hybridized carbons (Fsp3) is 0.267. The SMILES string of the molecule is CC(C)C(C=Cc1ncnn1C(c1ccccc1)(c1ccccc1)c1ccccc1)C(C)C.O=[PH](O)O. The number of nitrogens with zero attached hydrogens (tertiary/aromatic N) is 3. The lowest BCUT2D eigenvalue weighted by atomic mass is 9.77. The first-order valence-corrected chi connectivity index (χ1v) is 13.8. The third kappa shape index (κ3) is 6.72. The van der Waals surface area contributed by atoms with Gasteiger partial charge in [-0.25, -0.2) is 9.67 Å². The second-order valence-corrected chi connectivity index (χ2v) is 10.1. The smallest absolute Gasteiger partial charge is 0.314 e. The largest absolute Gasteiger partial charge is 0.326 e. The molecular weight excluding hydrogens is 481 g/mol. The van der Waals surface area contributed by atoms with Crippen LogP contribution in [0.3, 0.4) is 0 Å². The van der Waals surface area contributed by atoms with Crippen molar-refractivity contribution in [2.75, 3.05) is 0 Å². The Morgan fingerprint density at radius 3 is 1.49 bits per heavy atom. The fourth-order valence-electron chi connectivity index (χ4n) is 4.94. The predicted octanol–water partition coefficient (Wildman–Crippen LogP) is 6.42. The molecule has 0 atom stereocenters. The van der Waals surface area contributed by atoms with Gasteiger partial charge in [0.2, 0.25) is 0 Å². The van der Waals surface area contributed by atoms with E-state index >= 15 is 0 Å². The maximum absolute atomic E-state index is 8.74. The van der Waals surface area contributed by atoms with Crippen molar-refractivity contribution in [3.63, 3.8) is 0 Å². The molecule has 0 bridgehead atoms. The highest BCUT2D eigenvalue weighted by molar-refractivity contribution is 7.30. The van der Waals surface area contributed by atoms with Crippen molar-refractivity contribution < 1.29 is 14.4 Å². The van der Waals surface area contributed by atoms with Gasteiger partial charge in [-0.15, -0.1) is 0 Å². The maximum atomic E-state index is 8.74. The van der Waals surface area contributed by atoms with E-state index in [1.54, 1.807) is 6.33 Å². The minimum atomic E-state index is -3.13. The highest BCUT2D eigenvalue weighted by Crippen LogP contribution is 2.41. The quantitative estimate of drug-likeness (QED) is 0.208. The molecular formula is C30H36N3O3P. The number of hydrogen-bond donors (Lipinski definition) is 2. The zero-order valence-corrected chi connectivity index (χ0v) is 22.8. The van der Waals surface area contributed by atoms with Gasteiger partial charge in [0.1, 0.15) is 11.9 Å². The molecule has 6 nitrogen and oxygen atoms in total. The molecule has 0 aliphatic heterocycles. The molecule has 1 aromatic heterocycles. The van der Waals surface area contributed by atoms with Gasteiger partial charge in [-0.1, -0.05) is 125 Å². The maximum Gasteiger partial charge on any atom is 0.314 e. The van der Waals surface area contributed by atoms with Gasteiger partial charge >= 0.3 is 8.25 Å². The molecule has 0 radical (unpaired) electrons. The van der Waals surface area contributed by atoms with E-state index in [4.69, 9.17) is 24.4 Å². The summed E-state index contributed by atoms with van der Waals surface area (Å²) in [6, 6.07) is 31.8. The van der Waals surface area contributed by atoms with E-state index in [0.717, 1.165) is 22.5 Å². The van der Waals surface area contributed by atoms with E-state index in [1.165, 1.54) is 0 Å². The summed E-state index contributed by atoms with van der Waals surface area (Å²) in [6.45, 7) is 9.12. The Bertz CT molecular complexity index is 1160. The molecule has 2 N–H and O–H groups in total. The number of allylic oxidation sites excluding steroid dienone is 1. The second kappa shape index (κ2) is 13.3. The molecule has 0 fully saturated rings. The van der Waals surface area contributed by atoms with Gasteiger partial charge in [0.25, 0.3) is 0 Å². The number of rotatable bonds is 8. The molecule has 7 heteroatoms. The van der Waals surface area contributed by atoms with Gasteiger partial charge < -0.3 is 9.79 Å². The number of hydrogen-bond acceptors (Lipinski definition) is 3. The summed E-state index contributed by atoms with van der Waals surface area (Å²) in [7, 11) is -3.13. The van der Waals surface area contributed by atoms with Crippen LogP contribution < -0.4 is 0 Å². The van der Waals surface area contributed by atoms with Crippen LogP contribution in [-0.4, -0.2) is 24.6 Å². The van der Waals surface area contributed by atoms with Crippen LogP contribution in [0.2, 0.25) is 0 Å². The van der Waals surface area contributed by atoms with Gasteiger partial charge in [0, 0.05) is 0 Å². The Morgan fingerprint density at radius 1 is 0.757 bits per heavy atom. The molecule has 4 aromatic rings. The average Bonchev–Trinajstić information content (AvgIpc) is 3.35. The van der Waals surface area contributed by atoms with Gasteiger partial charge in [0.15, 0.2) is 5.82 Å². The van der Waals surface area contributed by atoms with Gasteiger partial charge in [0.05, 0.1) is 0 Å². The van der Waals surface area contributed by atoms with Crippen molar-refractivity contribution in [1.82, 2.24) is 14.8 Å². The lowest BCUT2D eigenvalue weighted by Crippen LogP contribution is -2.39. The molecule has 0 saturated heterocycles. The number of benzene rings is 3. The predicted molar refractivity (Wildman–Crippen MR) is 150 cm³/mol. The van der Waals surface area contributed by atoms with E-state index in [-0.39, 0.29) is 0 Å². The zero-order chi connectivity index (χ0) is 26.8. The lowest BCUT2D eigenvalue weighted by molar-refractivity contribution is 0.357. The summed E-state index contributed by atoms with van der Waals surface area (Å²) in [6.07, 6.45) is 6.13. The van der Waals surface area contributed by atoms with Crippen molar-refractivity contribution in [2.45, 2.75) is 33.2 Å². The molecule has 0 amide bonds. The first kappa shape index (κ1) is 28.3. The van der Waals surface area contributed by atoms with Crippen LogP contribution >= 0.6 is 8.25 Å². The van der Waals surface area contributed by atoms with Crippen LogP contribution in [0.15, 0.2) is 103 Å². The number of aromatic nitrogens is 3. The Balaban J connectivity index is 0.000000886. The summed E-state index contributed by atoms with van der Waals surface area (Å²) in [4.78, 5) is 19.0. The lowest BCUT2D eigenvalue weighted by Gasteiger charge is -2.36. The minimum Gasteiger partial charge on any atom is -0.326 e. The van der Waals surface area contributed by atoms with Gasteiger partial charge in [-0.3, -0.25) is 4.57 Å². The fourth-order valence-corrected chi connectivity index (χ4v) is 4.94. The van der Waals surface area contributed by atoms with Crippen LogP contribution in [0.5, 0.6) is 0 Å². The highest BCUT2D eigenvalue weighted by Gasteiger charge is 2.40. The van der Waals surface area contributed by atoms with Crippen molar-refractivity contribution in [1.29, 1.82) is 0 Å². The molecule has 0 spiro atoms. The van der Waals surface area contributed by atoms with Crippen LogP contribution in [0.1, 0.15) is 50.2 Å². The second-order valence-electron chi connectivity index (χ2n) is 9.55. The summed E-state index contributed by atoms with van der Waals surface area (Å²) in [5.74, 6) is 2.42. The molecule has 3 aromatic carbocycles. The normalized spacial score (nSPS) is 11.9. The molecule has 0 saturated carbocycles. The van der Waals surface area contributed by atoms with Crippen LogP contribution in [0.4, 0.5) is 0 Å². The van der Waals surface area contributed by atoms with Crippen molar-refractivity contribution in [3.8, 4) is 0 Å². The average molecular weight is 518 g/mol. The van der Waals surface area contributed by atoms with Gasteiger partial charge in [-0.05, 0) is 40.5 Å². The Morgan fingerprint density at radius 2 is 1.14 bits per heavy atom. The Hall–Kier alpha value is -3.31. The Labute approximate surface area is 220 Å². The van der Waals surface area contributed by atoms with Crippen LogP contribution in [0, 0.1) is 17.8 Å². The summed E-state index contributed by atoms with van der Waals surface area (Å²) < 4.78 is 10.8. The topological polar surface area (TPSA) is 88.2 Å². The van der Waals surface area contributed by atoms with E-state index in [0.29, 0.717) is 17.8 Å². The third-order valence-corrected chi connectivity index (χ3v) is 6.47. The zero-order valence-electron chi connectivity index (χ0n) is 21.8. The summed E-state index contributed by atoms with van der Waals surface area (Å²) in [5.41, 5.74) is 2.79. The molecule has 0 aliphatic rings. The van der Waals surface area contributed by atoms with Crippen molar-refractivity contribution >= 4 is 14.3 Å². The van der Waals surface area contributed by atoms with E-state index in [9.17, 15) is 0 Å². The van der Waals surface area contributed by atoms with Crippen molar-refractivity contribution in [2.24, 2.45) is 17.8 Å². The molecule has 1 heterocycles. The molecule has 194 valence electrons. The van der Waals surface area contributed by atoms with Crippen LogP contribution in [-0.2, 0) is 10.1 Å². The highest BCUT2D eigenvalue weighted by atomic mass is 31.1. The summed E-state index contributed by atoms with van der Waals surface area (Å²) in [5, 5.41) is 4.84. The molecule has 4 rings (SSSR count). The van der Waals surface area contributed by atoms with Gasteiger partial charge in [-0.2, -0.15) is 5.10 Å². The van der Waals surface area contributed by atoms with E-state index in [1.807, 2.05) is 0 Å². The first-order valence-electron chi connectivity index (χ1n) is 12.5. The summed E-state index contributed by atoms with van der Waals surface area (Å²) >= 11 is 0. The standard InChI is InChI=1S/C30H33N3.H3O3P/c1-23(2)28(24(3)4)20-21-29-31-22-32-33(29)30(25-14-8-5-9-15-25,26-16-10-6-11-17-26)27-18-12-7-13-19-27;1-4(2)3/h5-24,28H,1-4H3;4H,(H2,1,2,3). The molecule has 0 unspecified atom stereocenters. The minimum absolute atomic E-state index is 0.467. The van der Waals surface area contributed by atoms with Crippen LogP contribution in [0.25, 0.3) is 6.08 Å². The van der Waals surface area contributed by atoms with Crippen molar-refractivity contribution in [3.05, 3.63) is 126 Å². The Kier molecular flexibility index (Phi) is 10.2. The van der Waals surface area contributed by atoms with E-state index < -0.39 is 13.8 Å². The third-order valence-electron chi connectivity index (χ3n) is 6.47. The monoisotopic (exact) mass is 517 g/mol. The molecule has 0 aliphatic carbocycles.